The van der Waals surface area contributed by atoms with Crippen LogP contribution < -0.4 is 9.47 Å². The van der Waals surface area contributed by atoms with Gasteiger partial charge in [0.05, 0.1) is 32.1 Å². The molecule has 1 spiro atoms. The SMILES string of the molecule is CCc1cc(C(=O)N2CCC3(CC2)OCCc2cc(OC)c(OC)cc23)n(C)n1. The van der Waals surface area contributed by atoms with Crippen LogP contribution in [0.3, 0.4) is 0 Å². The predicted octanol–water partition coefficient (Wildman–Crippen LogP) is 2.70. The summed E-state index contributed by atoms with van der Waals surface area (Å²) in [5, 5.41) is 4.41. The van der Waals surface area contributed by atoms with E-state index in [2.05, 4.69) is 17.2 Å². The van der Waals surface area contributed by atoms with E-state index in [-0.39, 0.29) is 11.5 Å². The summed E-state index contributed by atoms with van der Waals surface area (Å²) in [6.07, 6.45) is 3.20. The minimum atomic E-state index is -0.370. The molecule has 7 nitrogen and oxygen atoms in total. The van der Waals surface area contributed by atoms with Gasteiger partial charge >= 0.3 is 0 Å². The molecule has 1 amide bonds. The topological polar surface area (TPSA) is 65.8 Å². The van der Waals surface area contributed by atoms with Crippen LogP contribution in [0.15, 0.2) is 18.2 Å². The zero-order valence-corrected chi connectivity index (χ0v) is 17.7. The standard InChI is InChI=1S/C22H29N3O4/c1-5-16-13-18(24(2)23-16)21(26)25-9-7-22(8-10-25)17-14-20(28-4)19(27-3)12-15(17)6-11-29-22/h12-14H,5-11H2,1-4H3. The molecule has 29 heavy (non-hydrogen) atoms. The second kappa shape index (κ2) is 7.71. The summed E-state index contributed by atoms with van der Waals surface area (Å²) < 4.78 is 19.0. The molecule has 0 saturated carbocycles. The van der Waals surface area contributed by atoms with Crippen LogP contribution in [-0.4, -0.2) is 54.5 Å². The summed E-state index contributed by atoms with van der Waals surface area (Å²) in [7, 11) is 5.14. The number of aromatic nitrogens is 2. The lowest BCUT2D eigenvalue weighted by molar-refractivity contribution is -0.0937. The Labute approximate surface area is 171 Å². The van der Waals surface area contributed by atoms with E-state index in [1.807, 2.05) is 24.9 Å². The first-order valence-corrected chi connectivity index (χ1v) is 10.2. The van der Waals surface area contributed by atoms with Crippen molar-refractivity contribution in [2.24, 2.45) is 7.05 Å². The van der Waals surface area contributed by atoms with Gasteiger partial charge in [0.1, 0.15) is 5.69 Å². The minimum absolute atomic E-state index is 0.0397. The molecule has 7 heteroatoms. The number of hydrogen-bond donors (Lipinski definition) is 0. The highest BCUT2D eigenvalue weighted by Crippen LogP contribution is 2.45. The van der Waals surface area contributed by atoms with Crippen LogP contribution in [0.25, 0.3) is 0 Å². The Kier molecular flexibility index (Phi) is 5.25. The summed E-state index contributed by atoms with van der Waals surface area (Å²) in [6.45, 7) is 4.03. The summed E-state index contributed by atoms with van der Waals surface area (Å²) in [6, 6.07) is 6.02. The van der Waals surface area contributed by atoms with Gasteiger partial charge in [0.25, 0.3) is 5.91 Å². The van der Waals surface area contributed by atoms with E-state index in [4.69, 9.17) is 14.2 Å². The van der Waals surface area contributed by atoms with Crippen LogP contribution in [-0.2, 0) is 30.2 Å². The van der Waals surface area contributed by atoms with E-state index in [9.17, 15) is 4.79 Å². The molecule has 1 aromatic heterocycles. The lowest BCUT2D eigenvalue weighted by Gasteiger charge is -2.45. The third-order valence-electron chi connectivity index (χ3n) is 6.22. The monoisotopic (exact) mass is 399 g/mol. The Morgan fingerprint density at radius 1 is 1.17 bits per heavy atom. The molecule has 0 radical (unpaired) electrons. The Hall–Kier alpha value is -2.54. The molecule has 0 aliphatic carbocycles. The molecule has 4 rings (SSSR count). The van der Waals surface area contributed by atoms with Crippen LogP contribution in [0, 0.1) is 0 Å². The number of hydrogen-bond acceptors (Lipinski definition) is 5. The average Bonchev–Trinajstić information content (AvgIpc) is 3.14. The van der Waals surface area contributed by atoms with Gasteiger partial charge in [0.15, 0.2) is 11.5 Å². The maximum Gasteiger partial charge on any atom is 0.272 e. The second-order valence-corrected chi connectivity index (χ2v) is 7.75. The number of benzene rings is 1. The van der Waals surface area contributed by atoms with Crippen LogP contribution >= 0.6 is 0 Å². The number of rotatable bonds is 4. The summed E-state index contributed by atoms with van der Waals surface area (Å²) in [5.41, 5.74) is 3.63. The predicted molar refractivity (Wildman–Crippen MR) is 109 cm³/mol. The van der Waals surface area contributed by atoms with Crippen molar-refractivity contribution in [1.29, 1.82) is 0 Å². The van der Waals surface area contributed by atoms with E-state index >= 15 is 0 Å². The number of amides is 1. The zero-order chi connectivity index (χ0) is 20.6. The van der Waals surface area contributed by atoms with Gasteiger partial charge in [-0.25, -0.2) is 0 Å². The Balaban J connectivity index is 1.56. The molecule has 156 valence electrons. The van der Waals surface area contributed by atoms with Gasteiger partial charge in [0.2, 0.25) is 0 Å². The minimum Gasteiger partial charge on any atom is -0.493 e. The first-order chi connectivity index (χ1) is 14.0. The van der Waals surface area contributed by atoms with Gasteiger partial charge in [-0.1, -0.05) is 6.92 Å². The Morgan fingerprint density at radius 2 is 1.86 bits per heavy atom. The number of fused-ring (bicyclic) bond motifs is 2. The molecule has 0 atom stereocenters. The number of nitrogens with zero attached hydrogens (tertiary/aromatic N) is 3. The van der Waals surface area contributed by atoms with Crippen molar-refractivity contribution in [2.75, 3.05) is 33.9 Å². The molecule has 1 saturated heterocycles. The molecule has 0 bridgehead atoms. The third-order valence-corrected chi connectivity index (χ3v) is 6.22. The average molecular weight is 399 g/mol. The lowest BCUT2D eigenvalue weighted by atomic mass is 9.79. The molecule has 1 fully saturated rings. The van der Waals surface area contributed by atoms with E-state index in [1.54, 1.807) is 18.9 Å². The second-order valence-electron chi connectivity index (χ2n) is 7.75. The number of ether oxygens (including phenoxy) is 3. The molecule has 2 aromatic rings. The zero-order valence-electron chi connectivity index (χ0n) is 17.7. The van der Waals surface area contributed by atoms with E-state index in [1.165, 1.54) is 11.1 Å². The lowest BCUT2D eigenvalue weighted by Crippen LogP contribution is -2.48. The van der Waals surface area contributed by atoms with Crippen molar-refractivity contribution in [3.05, 3.63) is 40.7 Å². The number of piperidine rings is 1. The molecule has 3 heterocycles. The van der Waals surface area contributed by atoms with Gasteiger partial charge in [-0.05, 0) is 55.0 Å². The Bertz CT molecular complexity index is 913. The fourth-order valence-electron chi connectivity index (χ4n) is 4.53. The van der Waals surface area contributed by atoms with Crippen molar-refractivity contribution < 1.29 is 19.0 Å². The number of aryl methyl sites for hydroxylation is 2. The molecule has 0 N–H and O–H groups in total. The summed E-state index contributed by atoms with van der Waals surface area (Å²) >= 11 is 0. The van der Waals surface area contributed by atoms with E-state index in [0.29, 0.717) is 25.4 Å². The van der Waals surface area contributed by atoms with E-state index < -0.39 is 0 Å². The number of likely N-dealkylation sites (tertiary alicyclic amines) is 1. The van der Waals surface area contributed by atoms with Crippen LogP contribution in [0.5, 0.6) is 11.5 Å². The normalized spacial score (nSPS) is 17.9. The molecule has 1 aromatic carbocycles. The molecule has 2 aliphatic heterocycles. The molecular weight excluding hydrogens is 370 g/mol. The van der Waals surface area contributed by atoms with Crippen molar-refractivity contribution in [3.8, 4) is 11.5 Å². The van der Waals surface area contributed by atoms with Crippen molar-refractivity contribution in [3.63, 3.8) is 0 Å². The maximum atomic E-state index is 13.0. The fraction of sp³-hybridized carbons (Fsp3) is 0.545. The molecule has 0 unspecified atom stereocenters. The van der Waals surface area contributed by atoms with E-state index in [0.717, 1.165) is 42.9 Å². The van der Waals surface area contributed by atoms with Crippen molar-refractivity contribution >= 4 is 5.91 Å². The highest BCUT2D eigenvalue weighted by Gasteiger charge is 2.42. The summed E-state index contributed by atoms with van der Waals surface area (Å²) in [4.78, 5) is 15.0. The number of methoxy groups -OCH3 is 2. The summed E-state index contributed by atoms with van der Waals surface area (Å²) in [5.74, 6) is 1.51. The Morgan fingerprint density at radius 3 is 2.48 bits per heavy atom. The van der Waals surface area contributed by atoms with Gasteiger partial charge < -0.3 is 19.1 Å². The largest absolute Gasteiger partial charge is 0.493 e. The van der Waals surface area contributed by atoms with Crippen molar-refractivity contribution in [1.82, 2.24) is 14.7 Å². The number of carbonyl (C=O) groups is 1. The maximum absolute atomic E-state index is 13.0. The van der Waals surface area contributed by atoms with Crippen molar-refractivity contribution in [2.45, 2.75) is 38.2 Å². The highest BCUT2D eigenvalue weighted by molar-refractivity contribution is 5.92. The van der Waals surface area contributed by atoms with Crippen LogP contribution in [0.4, 0.5) is 0 Å². The molecule has 2 aliphatic rings. The third kappa shape index (κ3) is 3.37. The van der Waals surface area contributed by atoms with Gasteiger partial charge in [-0.3, -0.25) is 9.48 Å². The van der Waals surface area contributed by atoms with Gasteiger partial charge in [-0.2, -0.15) is 5.10 Å². The van der Waals surface area contributed by atoms with Gasteiger partial charge in [0, 0.05) is 20.1 Å². The first-order valence-electron chi connectivity index (χ1n) is 10.2. The first kappa shape index (κ1) is 19.8. The number of carbonyl (C=O) groups excluding carboxylic acids is 1. The molecular formula is C22H29N3O4. The van der Waals surface area contributed by atoms with Crippen LogP contribution in [0.1, 0.15) is 47.1 Å². The fourth-order valence-corrected chi connectivity index (χ4v) is 4.53. The van der Waals surface area contributed by atoms with Crippen LogP contribution in [0.2, 0.25) is 0 Å². The highest BCUT2D eigenvalue weighted by atomic mass is 16.5. The quantitative estimate of drug-likeness (QED) is 0.791. The van der Waals surface area contributed by atoms with Gasteiger partial charge in [-0.15, -0.1) is 0 Å². The smallest absolute Gasteiger partial charge is 0.272 e.